The largest absolute Gasteiger partial charge is 0.449 e. The third kappa shape index (κ3) is 6.95. The fraction of sp³-hybridized carbons (Fsp3) is 0.263. The molecule has 6 heteroatoms. The predicted molar refractivity (Wildman–Crippen MR) is 99.8 cm³/mol. The lowest BCUT2D eigenvalue weighted by Crippen LogP contribution is -2.21. The maximum atomic E-state index is 11.9. The van der Waals surface area contributed by atoms with Crippen LogP contribution in [0.4, 0.5) is 21.9 Å². The summed E-state index contributed by atoms with van der Waals surface area (Å²) in [5, 5.41) is 8.48. The van der Waals surface area contributed by atoms with E-state index in [0.29, 0.717) is 12.3 Å². The summed E-state index contributed by atoms with van der Waals surface area (Å²) in [7, 11) is 0. The van der Waals surface area contributed by atoms with Crippen LogP contribution < -0.4 is 16.0 Å². The Hall–Kier alpha value is -3.02. The van der Waals surface area contributed by atoms with Crippen LogP contribution >= 0.6 is 0 Å². The fourth-order valence-electron chi connectivity index (χ4n) is 2.01. The van der Waals surface area contributed by atoms with E-state index in [4.69, 9.17) is 4.74 Å². The molecule has 0 bridgehead atoms. The van der Waals surface area contributed by atoms with Crippen LogP contribution in [-0.2, 0) is 9.53 Å². The average Bonchev–Trinajstić information content (AvgIpc) is 2.59. The lowest BCUT2D eigenvalue weighted by molar-refractivity contribution is -0.114. The molecule has 0 heterocycles. The Morgan fingerprint density at radius 2 is 1.60 bits per heavy atom. The Morgan fingerprint density at radius 3 is 2.32 bits per heavy atom. The van der Waals surface area contributed by atoms with Crippen LogP contribution in [0, 0.1) is 5.92 Å². The van der Waals surface area contributed by atoms with Gasteiger partial charge in [-0.3, -0.25) is 10.1 Å². The number of hydrogen-bond acceptors (Lipinski definition) is 4. The van der Waals surface area contributed by atoms with Crippen molar-refractivity contribution in [1.29, 1.82) is 0 Å². The molecule has 25 heavy (non-hydrogen) atoms. The molecule has 0 aromatic heterocycles. The van der Waals surface area contributed by atoms with Crippen molar-refractivity contribution in [2.75, 3.05) is 29.1 Å². The summed E-state index contributed by atoms with van der Waals surface area (Å²) in [6.07, 6.45) is -0.493. The van der Waals surface area contributed by atoms with Gasteiger partial charge in [-0.25, -0.2) is 4.79 Å². The summed E-state index contributed by atoms with van der Waals surface area (Å²) in [5.41, 5.74) is 2.07. The normalized spacial score (nSPS) is 10.2. The van der Waals surface area contributed by atoms with E-state index in [-0.39, 0.29) is 18.4 Å². The van der Waals surface area contributed by atoms with E-state index in [2.05, 4.69) is 16.0 Å². The zero-order chi connectivity index (χ0) is 18.1. The highest BCUT2D eigenvalue weighted by Gasteiger charge is 2.06. The highest BCUT2D eigenvalue weighted by atomic mass is 16.5. The molecule has 2 rings (SSSR count). The zero-order valence-corrected chi connectivity index (χ0v) is 14.4. The van der Waals surface area contributed by atoms with E-state index < -0.39 is 6.09 Å². The Morgan fingerprint density at radius 1 is 0.920 bits per heavy atom. The average molecular weight is 341 g/mol. The van der Waals surface area contributed by atoms with Gasteiger partial charge in [0.05, 0.1) is 13.2 Å². The number of para-hydroxylation sites is 1. The van der Waals surface area contributed by atoms with Crippen LogP contribution in [-0.4, -0.2) is 25.2 Å². The Kier molecular flexibility index (Phi) is 6.83. The molecule has 0 spiro atoms. The molecule has 2 aromatic rings. The van der Waals surface area contributed by atoms with E-state index in [1.807, 2.05) is 50.2 Å². The van der Waals surface area contributed by atoms with E-state index in [1.165, 1.54) is 0 Å². The van der Waals surface area contributed by atoms with Crippen LogP contribution in [0.1, 0.15) is 13.8 Å². The molecule has 0 atom stereocenters. The Bertz CT molecular complexity index is 702. The van der Waals surface area contributed by atoms with Gasteiger partial charge in [-0.05, 0) is 36.2 Å². The number of anilines is 3. The number of benzene rings is 2. The summed E-state index contributed by atoms with van der Waals surface area (Å²) in [4.78, 5) is 23.6. The quantitative estimate of drug-likeness (QED) is 0.712. The van der Waals surface area contributed by atoms with Crippen molar-refractivity contribution in [3.05, 3.63) is 54.6 Å². The number of ether oxygens (including phenoxy) is 1. The summed E-state index contributed by atoms with van der Waals surface area (Å²) in [6, 6.07) is 16.4. The summed E-state index contributed by atoms with van der Waals surface area (Å²) in [5.74, 6) is 0.128. The molecule has 3 N–H and O–H groups in total. The van der Waals surface area contributed by atoms with Crippen molar-refractivity contribution in [2.45, 2.75) is 13.8 Å². The minimum absolute atomic E-state index is 0.121. The SMILES string of the molecule is CC(C)COC(=O)Nc1cccc(NCC(=O)Nc2ccccc2)c1. The van der Waals surface area contributed by atoms with Crippen molar-refractivity contribution in [1.82, 2.24) is 0 Å². The maximum absolute atomic E-state index is 11.9. The lowest BCUT2D eigenvalue weighted by atomic mass is 10.2. The van der Waals surface area contributed by atoms with Crippen LogP contribution in [0.2, 0.25) is 0 Å². The zero-order valence-electron chi connectivity index (χ0n) is 14.4. The van der Waals surface area contributed by atoms with Crippen molar-refractivity contribution in [3.63, 3.8) is 0 Å². The topological polar surface area (TPSA) is 79.5 Å². The van der Waals surface area contributed by atoms with Gasteiger partial charge < -0.3 is 15.4 Å². The first-order valence-corrected chi connectivity index (χ1v) is 8.15. The number of amides is 2. The minimum atomic E-state index is -0.493. The molecule has 0 aliphatic rings. The van der Waals surface area contributed by atoms with E-state index in [9.17, 15) is 9.59 Å². The van der Waals surface area contributed by atoms with Gasteiger partial charge in [0.15, 0.2) is 0 Å². The second kappa shape index (κ2) is 9.32. The third-order valence-corrected chi connectivity index (χ3v) is 3.17. The summed E-state index contributed by atoms with van der Waals surface area (Å²) < 4.78 is 5.08. The van der Waals surface area contributed by atoms with Crippen molar-refractivity contribution in [2.24, 2.45) is 5.92 Å². The van der Waals surface area contributed by atoms with Crippen molar-refractivity contribution in [3.8, 4) is 0 Å². The second-order valence-corrected chi connectivity index (χ2v) is 5.97. The van der Waals surface area contributed by atoms with Crippen LogP contribution in [0.15, 0.2) is 54.6 Å². The van der Waals surface area contributed by atoms with Crippen LogP contribution in [0.5, 0.6) is 0 Å². The first-order valence-electron chi connectivity index (χ1n) is 8.15. The standard InChI is InChI=1S/C19H23N3O3/c1-14(2)13-25-19(24)22-17-10-6-9-16(11-17)20-12-18(23)21-15-7-4-3-5-8-15/h3-11,14,20H,12-13H2,1-2H3,(H,21,23)(H,22,24). The van der Waals surface area contributed by atoms with E-state index in [0.717, 1.165) is 11.4 Å². The number of hydrogen-bond donors (Lipinski definition) is 3. The molecule has 0 unspecified atom stereocenters. The lowest BCUT2D eigenvalue weighted by Gasteiger charge is -2.11. The molecule has 2 aromatic carbocycles. The molecule has 0 saturated heterocycles. The summed E-state index contributed by atoms with van der Waals surface area (Å²) >= 11 is 0. The van der Waals surface area contributed by atoms with Gasteiger partial charge in [-0.15, -0.1) is 0 Å². The van der Waals surface area contributed by atoms with Gasteiger partial charge >= 0.3 is 6.09 Å². The second-order valence-electron chi connectivity index (χ2n) is 5.97. The van der Waals surface area contributed by atoms with Crippen molar-refractivity contribution >= 4 is 29.1 Å². The van der Waals surface area contributed by atoms with Crippen molar-refractivity contribution < 1.29 is 14.3 Å². The molecular formula is C19H23N3O3. The van der Waals surface area contributed by atoms with Gasteiger partial charge in [0.1, 0.15) is 0 Å². The van der Waals surface area contributed by atoms with E-state index in [1.54, 1.807) is 18.2 Å². The predicted octanol–water partition coefficient (Wildman–Crippen LogP) is 3.94. The molecule has 0 saturated carbocycles. The molecular weight excluding hydrogens is 318 g/mol. The number of carbonyl (C=O) groups is 2. The molecule has 6 nitrogen and oxygen atoms in total. The molecule has 0 fully saturated rings. The van der Waals surface area contributed by atoms with Gasteiger partial charge in [0, 0.05) is 17.1 Å². The molecule has 0 aliphatic carbocycles. The number of carbonyl (C=O) groups excluding carboxylic acids is 2. The third-order valence-electron chi connectivity index (χ3n) is 3.17. The fourth-order valence-corrected chi connectivity index (χ4v) is 2.01. The van der Waals surface area contributed by atoms with Gasteiger partial charge in [-0.2, -0.15) is 0 Å². The number of nitrogens with one attached hydrogen (secondary N) is 3. The molecule has 0 radical (unpaired) electrons. The monoisotopic (exact) mass is 341 g/mol. The Balaban J connectivity index is 1.82. The highest BCUT2D eigenvalue weighted by molar-refractivity contribution is 5.94. The van der Waals surface area contributed by atoms with E-state index >= 15 is 0 Å². The summed E-state index contributed by atoms with van der Waals surface area (Å²) in [6.45, 7) is 4.43. The number of rotatable bonds is 7. The van der Waals surface area contributed by atoms with Crippen LogP contribution in [0.3, 0.4) is 0 Å². The van der Waals surface area contributed by atoms with Crippen LogP contribution in [0.25, 0.3) is 0 Å². The smallest absolute Gasteiger partial charge is 0.411 e. The Labute approximate surface area is 147 Å². The molecule has 2 amide bonds. The first kappa shape index (κ1) is 18.3. The minimum Gasteiger partial charge on any atom is -0.449 e. The first-order chi connectivity index (χ1) is 12.0. The molecule has 0 aliphatic heterocycles. The van der Waals surface area contributed by atoms with Gasteiger partial charge in [0.25, 0.3) is 0 Å². The maximum Gasteiger partial charge on any atom is 0.411 e. The van der Waals surface area contributed by atoms with Gasteiger partial charge in [-0.1, -0.05) is 38.1 Å². The highest BCUT2D eigenvalue weighted by Crippen LogP contribution is 2.15. The van der Waals surface area contributed by atoms with Gasteiger partial charge in [0.2, 0.25) is 5.91 Å². The molecule has 132 valence electrons.